The zero-order valence-electron chi connectivity index (χ0n) is 18.6. The number of halogens is 2. The van der Waals surface area contributed by atoms with Crippen molar-refractivity contribution in [2.75, 3.05) is 0 Å². The van der Waals surface area contributed by atoms with Crippen molar-refractivity contribution in [2.45, 2.75) is 0 Å². The van der Waals surface area contributed by atoms with Gasteiger partial charge >= 0.3 is 0 Å². The van der Waals surface area contributed by atoms with Crippen molar-refractivity contribution >= 4 is 51.5 Å². The number of benzene rings is 4. The first-order valence-electron chi connectivity index (χ1n) is 10.6. The Morgan fingerprint density at radius 3 is 1.77 bits per heavy atom. The summed E-state index contributed by atoms with van der Waals surface area (Å²) >= 11 is 4.48. The summed E-state index contributed by atoms with van der Waals surface area (Å²) in [5.74, 6) is 3.32. The van der Waals surface area contributed by atoms with Crippen LogP contribution in [0.5, 0.6) is 0 Å². The van der Waals surface area contributed by atoms with E-state index in [2.05, 4.69) is 80.5 Å². The molecular formula is C30H21I2NO2. The van der Waals surface area contributed by atoms with E-state index < -0.39 is 0 Å². The van der Waals surface area contributed by atoms with E-state index in [0.29, 0.717) is 0 Å². The van der Waals surface area contributed by atoms with Crippen molar-refractivity contribution in [1.29, 1.82) is 0 Å². The second-order valence-corrected chi connectivity index (χ2v) is 9.62. The fourth-order valence-corrected chi connectivity index (χ4v) is 3.57. The van der Waals surface area contributed by atoms with Crippen LogP contribution in [0.4, 0.5) is 0 Å². The van der Waals surface area contributed by atoms with Crippen molar-refractivity contribution < 1.29 is 9.32 Å². The van der Waals surface area contributed by atoms with Gasteiger partial charge in [0.05, 0.1) is 0 Å². The summed E-state index contributed by atoms with van der Waals surface area (Å²) in [5.41, 5.74) is 4.65. The van der Waals surface area contributed by atoms with Crippen LogP contribution in [-0.4, -0.2) is 11.4 Å². The molecule has 0 aliphatic rings. The van der Waals surface area contributed by atoms with E-state index in [4.69, 9.17) is 10.9 Å². The van der Waals surface area contributed by atoms with Crippen LogP contribution in [-0.2, 0) is 0 Å². The van der Waals surface area contributed by atoms with Crippen molar-refractivity contribution in [3.05, 3.63) is 134 Å². The van der Waals surface area contributed by atoms with Gasteiger partial charge in [-0.05, 0) is 81.6 Å². The molecule has 0 amide bonds. The van der Waals surface area contributed by atoms with Crippen molar-refractivity contribution in [3.8, 4) is 34.9 Å². The van der Waals surface area contributed by atoms with Gasteiger partial charge in [0.15, 0.2) is 5.76 Å². The van der Waals surface area contributed by atoms with E-state index in [0.717, 1.165) is 43.6 Å². The summed E-state index contributed by atoms with van der Waals surface area (Å²) in [6.07, 6.45) is 5.94. The standard InChI is InChI=1S/C15H10INO.C8H6.C7H5IO/c16-13-8-6-11(7-9-13)14-10-15(18-17-14)12-4-2-1-3-5-12;1-2-8-6-4-3-5-7-8;8-7-3-1-6(5-9)2-4-7/h1-10H;1,3-7H;1-5H. The van der Waals surface area contributed by atoms with E-state index in [1.54, 1.807) is 12.1 Å². The molecule has 5 aromatic rings. The van der Waals surface area contributed by atoms with Crippen LogP contribution in [0.25, 0.3) is 22.6 Å². The molecule has 4 aromatic carbocycles. The highest BCUT2D eigenvalue weighted by atomic mass is 127. The lowest BCUT2D eigenvalue weighted by molar-refractivity contribution is 0.112. The lowest BCUT2D eigenvalue weighted by Crippen LogP contribution is -1.76. The summed E-state index contributed by atoms with van der Waals surface area (Å²) in [4.78, 5) is 10.1. The lowest BCUT2D eigenvalue weighted by atomic mass is 10.1. The van der Waals surface area contributed by atoms with Gasteiger partial charge in [-0.3, -0.25) is 4.79 Å². The highest BCUT2D eigenvalue weighted by molar-refractivity contribution is 14.1. The number of terminal acetylenes is 1. The fourth-order valence-electron chi connectivity index (χ4n) is 2.85. The number of carbonyl (C=O) groups is 1. The number of aldehydes is 1. The van der Waals surface area contributed by atoms with Gasteiger partial charge in [-0.15, -0.1) is 6.42 Å². The van der Waals surface area contributed by atoms with Gasteiger partial charge in [0, 0.05) is 35.5 Å². The minimum Gasteiger partial charge on any atom is -0.356 e. The van der Waals surface area contributed by atoms with E-state index in [-0.39, 0.29) is 0 Å². The maximum Gasteiger partial charge on any atom is 0.167 e. The van der Waals surface area contributed by atoms with E-state index in [9.17, 15) is 4.79 Å². The second kappa shape index (κ2) is 14.2. The largest absolute Gasteiger partial charge is 0.356 e. The third-order valence-electron chi connectivity index (χ3n) is 4.65. The van der Waals surface area contributed by atoms with E-state index in [1.165, 1.54) is 3.57 Å². The molecule has 0 aliphatic carbocycles. The quantitative estimate of drug-likeness (QED) is 0.109. The highest BCUT2D eigenvalue weighted by Crippen LogP contribution is 2.26. The number of carbonyl (C=O) groups excluding carboxylic acids is 1. The molecule has 0 spiro atoms. The molecule has 35 heavy (non-hydrogen) atoms. The summed E-state index contributed by atoms with van der Waals surface area (Å²) < 4.78 is 7.75. The minimum absolute atomic E-state index is 0.732. The average Bonchev–Trinajstić information content (AvgIpc) is 3.42. The summed E-state index contributed by atoms with van der Waals surface area (Å²) in [6.45, 7) is 0. The maximum atomic E-state index is 10.1. The molecular weight excluding hydrogens is 660 g/mol. The summed E-state index contributed by atoms with van der Waals surface area (Å²) in [7, 11) is 0. The number of rotatable bonds is 3. The summed E-state index contributed by atoms with van der Waals surface area (Å²) in [5, 5.41) is 4.12. The van der Waals surface area contributed by atoms with Gasteiger partial charge < -0.3 is 4.52 Å². The van der Waals surface area contributed by atoms with Crippen LogP contribution in [0.2, 0.25) is 0 Å². The topological polar surface area (TPSA) is 43.1 Å². The molecule has 3 nitrogen and oxygen atoms in total. The van der Waals surface area contributed by atoms with Crippen LogP contribution in [0.1, 0.15) is 15.9 Å². The monoisotopic (exact) mass is 681 g/mol. The van der Waals surface area contributed by atoms with E-state index in [1.807, 2.05) is 78.9 Å². The van der Waals surface area contributed by atoms with Crippen LogP contribution < -0.4 is 0 Å². The third-order valence-corrected chi connectivity index (χ3v) is 6.09. The molecule has 5 rings (SSSR count). The Morgan fingerprint density at radius 2 is 1.26 bits per heavy atom. The number of hydrogen-bond acceptors (Lipinski definition) is 3. The zero-order chi connectivity index (χ0) is 24.9. The van der Waals surface area contributed by atoms with Crippen molar-refractivity contribution in [3.63, 3.8) is 0 Å². The van der Waals surface area contributed by atoms with Gasteiger partial charge in [-0.25, -0.2) is 0 Å². The molecule has 1 heterocycles. The first-order chi connectivity index (χ1) is 17.1. The first-order valence-corrected chi connectivity index (χ1v) is 12.8. The molecule has 5 heteroatoms. The van der Waals surface area contributed by atoms with E-state index >= 15 is 0 Å². The Kier molecular flexibility index (Phi) is 10.7. The number of aromatic nitrogens is 1. The third kappa shape index (κ3) is 8.81. The Balaban J connectivity index is 0.000000168. The number of nitrogens with zero attached hydrogens (tertiary/aromatic N) is 1. The zero-order valence-corrected chi connectivity index (χ0v) is 23.0. The Labute approximate surface area is 232 Å². The molecule has 0 bridgehead atoms. The van der Waals surface area contributed by atoms with Crippen molar-refractivity contribution in [1.82, 2.24) is 5.16 Å². The van der Waals surface area contributed by atoms with Crippen LogP contribution in [0, 0.1) is 19.5 Å². The van der Waals surface area contributed by atoms with Gasteiger partial charge in [-0.1, -0.05) is 83.9 Å². The van der Waals surface area contributed by atoms with Gasteiger partial charge in [0.25, 0.3) is 0 Å². The molecule has 0 fully saturated rings. The highest BCUT2D eigenvalue weighted by Gasteiger charge is 2.07. The molecule has 172 valence electrons. The molecule has 0 saturated carbocycles. The predicted molar refractivity (Wildman–Crippen MR) is 159 cm³/mol. The Bertz CT molecular complexity index is 1360. The molecule has 1 aromatic heterocycles. The molecule has 0 unspecified atom stereocenters. The maximum absolute atomic E-state index is 10.1. The van der Waals surface area contributed by atoms with Crippen LogP contribution in [0.3, 0.4) is 0 Å². The summed E-state index contributed by atoms with van der Waals surface area (Å²) in [6, 6.07) is 37.2. The molecule has 0 N–H and O–H groups in total. The lowest BCUT2D eigenvalue weighted by Gasteiger charge is -1.94. The molecule has 0 atom stereocenters. The first kappa shape index (κ1) is 26.4. The SMILES string of the molecule is C#Cc1ccccc1.Ic1ccc(-c2cc(-c3ccccc3)on2)cc1.O=Cc1ccc(I)cc1. The van der Waals surface area contributed by atoms with Gasteiger partial charge in [0.1, 0.15) is 12.0 Å². The van der Waals surface area contributed by atoms with Gasteiger partial charge in [0.2, 0.25) is 0 Å². The normalized spacial score (nSPS) is 9.51. The molecule has 0 saturated heterocycles. The number of hydrogen-bond donors (Lipinski definition) is 0. The van der Waals surface area contributed by atoms with Crippen LogP contribution >= 0.6 is 45.2 Å². The molecule has 0 aliphatic heterocycles. The molecule has 0 radical (unpaired) electrons. The Morgan fingerprint density at radius 1 is 0.714 bits per heavy atom. The average molecular weight is 681 g/mol. The smallest absolute Gasteiger partial charge is 0.167 e. The predicted octanol–water partition coefficient (Wildman–Crippen LogP) is 8.38. The van der Waals surface area contributed by atoms with Gasteiger partial charge in [-0.2, -0.15) is 0 Å². The fraction of sp³-hybridized carbons (Fsp3) is 0. The second-order valence-electron chi connectivity index (χ2n) is 7.13. The van der Waals surface area contributed by atoms with Crippen LogP contribution in [0.15, 0.2) is 120 Å². The Hall–Kier alpha value is -3.22. The minimum atomic E-state index is 0.732. The van der Waals surface area contributed by atoms with Crippen molar-refractivity contribution in [2.24, 2.45) is 0 Å².